The molecule has 22 heavy (non-hydrogen) atoms. The van der Waals surface area contributed by atoms with Crippen molar-refractivity contribution in [1.29, 1.82) is 0 Å². The van der Waals surface area contributed by atoms with Gasteiger partial charge in [0, 0.05) is 26.3 Å². The summed E-state index contributed by atoms with van der Waals surface area (Å²) in [6, 6.07) is 10.3. The van der Waals surface area contributed by atoms with Crippen LogP contribution in [0.15, 0.2) is 35.3 Å². The normalized spacial score (nSPS) is 18.4. The first-order chi connectivity index (χ1) is 10.9. The van der Waals surface area contributed by atoms with E-state index in [4.69, 9.17) is 9.47 Å². The van der Waals surface area contributed by atoms with Crippen LogP contribution in [-0.2, 0) is 16.0 Å². The lowest BCUT2D eigenvalue weighted by Crippen LogP contribution is -2.38. The van der Waals surface area contributed by atoms with Crippen molar-refractivity contribution in [3.63, 3.8) is 0 Å². The van der Waals surface area contributed by atoms with Gasteiger partial charge in [-0.05, 0) is 25.3 Å². The standard InChI is InChI=1S/C17H27N3O2/c1-2-18-17(20-13-15-7-4-3-5-8-15)19-10-6-11-22-16-9-12-21-14-16/h3-5,7-8,16H,2,6,9-14H2,1H3,(H2,18,19,20). The molecule has 1 aromatic carbocycles. The molecule has 122 valence electrons. The van der Waals surface area contributed by atoms with E-state index in [1.54, 1.807) is 0 Å². The van der Waals surface area contributed by atoms with E-state index < -0.39 is 0 Å². The maximum Gasteiger partial charge on any atom is 0.191 e. The third kappa shape index (κ3) is 6.45. The monoisotopic (exact) mass is 305 g/mol. The van der Waals surface area contributed by atoms with Gasteiger partial charge in [-0.2, -0.15) is 0 Å². The van der Waals surface area contributed by atoms with Crippen molar-refractivity contribution < 1.29 is 9.47 Å². The third-order valence-electron chi connectivity index (χ3n) is 3.46. The molecule has 1 aliphatic rings. The van der Waals surface area contributed by atoms with Crippen molar-refractivity contribution in [2.24, 2.45) is 4.99 Å². The van der Waals surface area contributed by atoms with E-state index >= 15 is 0 Å². The summed E-state index contributed by atoms with van der Waals surface area (Å²) in [5.74, 6) is 0.857. The van der Waals surface area contributed by atoms with Crippen LogP contribution in [0.1, 0.15) is 25.3 Å². The van der Waals surface area contributed by atoms with Crippen LogP contribution in [-0.4, -0.2) is 45.0 Å². The maximum absolute atomic E-state index is 5.75. The average molecular weight is 305 g/mol. The summed E-state index contributed by atoms with van der Waals surface area (Å²) in [6.45, 7) is 6.81. The fourth-order valence-corrected chi connectivity index (χ4v) is 2.27. The van der Waals surface area contributed by atoms with Crippen molar-refractivity contribution in [2.45, 2.75) is 32.4 Å². The molecule has 2 N–H and O–H groups in total. The van der Waals surface area contributed by atoms with Crippen LogP contribution in [0.2, 0.25) is 0 Å². The lowest BCUT2D eigenvalue weighted by Gasteiger charge is -2.13. The highest BCUT2D eigenvalue weighted by molar-refractivity contribution is 5.79. The molecule has 2 rings (SSSR count). The van der Waals surface area contributed by atoms with Crippen LogP contribution in [0.5, 0.6) is 0 Å². The van der Waals surface area contributed by atoms with Crippen LogP contribution >= 0.6 is 0 Å². The third-order valence-corrected chi connectivity index (χ3v) is 3.46. The Bertz CT molecular complexity index is 431. The van der Waals surface area contributed by atoms with Gasteiger partial charge >= 0.3 is 0 Å². The maximum atomic E-state index is 5.75. The Morgan fingerprint density at radius 2 is 2.18 bits per heavy atom. The average Bonchev–Trinajstić information content (AvgIpc) is 3.06. The van der Waals surface area contributed by atoms with Crippen LogP contribution in [0.25, 0.3) is 0 Å². The number of hydrogen-bond donors (Lipinski definition) is 2. The van der Waals surface area contributed by atoms with Crippen molar-refractivity contribution in [1.82, 2.24) is 10.6 Å². The predicted octanol–water partition coefficient (Wildman–Crippen LogP) is 1.94. The minimum atomic E-state index is 0.292. The molecule has 1 saturated heterocycles. The number of nitrogens with one attached hydrogen (secondary N) is 2. The predicted molar refractivity (Wildman–Crippen MR) is 89.1 cm³/mol. The zero-order chi connectivity index (χ0) is 15.5. The summed E-state index contributed by atoms with van der Waals surface area (Å²) < 4.78 is 11.0. The van der Waals surface area contributed by atoms with E-state index in [1.807, 2.05) is 18.2 Å². The quantitative estimate of drug-likeness (QED) is 0.438. The van der Waals surface area contributed by atoms with Gasteiger partial charge in [0.1, 0.15) is 0 Å². The number of ether oxygens (including phenoxy) is 2. The second kappa shape index (κ2) is 10.2. The van der Waals surface area contributed by atoms with Crippen molar-refractivity contribution in [2.75, 3.05) is 32.9 Å². The summed E-state index contributed by atoms with van der Waals surface area (Å²) in [7, 11) is 0. The SMILES string of the molecule is CCNC(=NCc1ccccc1)NCCCOC1CCOC1. The smallest absolute Gasteiger partial charge is 0.191 e. The largest absolute Gasteiger partial charge is 0.379 e. The van der Waals surface area contributed by atoms with Gasteiger partial charge in [-0.1, -0.05) is 30.3 Å². The van der Waals surface area contributed by atoms with Crippen LogP contribution in [0, 0.1) is 0 Å². The second-order valence-corrected chi connectivity index (χ2v) is 5.32. The van der Waals surface area contributed by atoms with Crippen LogP contribution in [0.3, 0.4) is 0 Å². The molecule has 0 aliphatic carbocycles. The second-order valence-electron chi connectivity index (χ2n) is 5.32. The van der Waals surface area contributed by atoms with E-state index in [1.165, 1.54) is 5.56 Å². The van der Waals surface area contributed by atoms with Gasteiger partial charge in [0.15, 0.2) is 5.96 Å². The molecule has 1 unspecified atom stereocenters. The van der Waals surface area contributed by atoms with Gasteiger partial charge in [0.2, 0.25) is 0 Å². The summed E-state index contributed by atoms with van der Waals surface area (Å²) in [5, 5.41) is 6.61. The lowest BCUT2D eigenvalue weighted by atomic mass is 10.2. The topological polar surface area (TPSA) is 54.9 Å². The van der Waals surface area contributed by atoms with E-state index in [9.17, 15) is 0 Å². The molecule has 1 atom stereocenters. The highest BCUT2D eigenvalue weighted by Gasteiger charge is 2.15. The molecule has 1 aromatic rings. The van der Waals surface area contributed by atoms with Gasteiger partial charge in [-0.3, -0.25) is 0 Å². The fourth-order valence-electron chi connectivity index (χ4n) is 2.27. The molecule has 1 fully saturated rings. The Balaban J connectivity index is 1.64. The Hall–Kier alpha value is -1.59. The Labute approximate surface area is 133 Å². The Morgan fingerprint density at radius 3 is 2.91 bits per heavy atom. The number of benzene rings is 1. The van der Waals surface area contributed by atoms with Crippen LogP contribution < -0.4 is 10.6 Å². The number of guanidine groups is 1. The van der Waals surface area contributed by atoms with E-state index in [-0.39, 0.29) is 0 Å². The zero-order valence-corrected chi connectivity index (χ0v) is 13.4. The first-order valence-corrected chi connectivity index (χ1v) is 8.14. The molecule has 1 heterocycles. The molecule has 0 radical (unpaired) electrons. The molecule has 0 aromatic heterocycles. The molecule has 5 heteroatoms. The van der Waals surface area contributed by atoms with Gasteiger partial charge in [-0.15, -0.1) is 0 Å². The molecule has 5 nitrogen and oxygen atoms in total. The molecular weight excluding hydrogens is 278 g/mol. The molecular formula is C17H27N3O2. The van der Waals surface area contributed by atoms with E-state index in [0.29, 0.717) is 12.6 Å². The number of aliphatic imine (C=N–C) groups is 1. The highest BCUT2D eigenvalue weighted by Crippen LogP contribution is 2.07. The molecule has 0 spiro atoms. The van der Waals surface area contributed by atoms with Crippen molar-refractivity contribution >= 4 is 5.96 Å². The first kappa shape index (κ1) is 16.8. The Kier molecular flexibility index (Phi) is 7.77. The summed E-state index contributed by atoms with van der Waals surface area (Å²) in [5.41, 5.74) is 1.21. The van der Waals surface area contributed by atoms with E-state index in [2.05, 4.69) is 34.7 Å². The summed E-state index contributed by atoms with van der Waals surface area (Å²) in [6.07, 6.45) is 2.28. The summed E-state index contributed by atoms with van der Waals surface area (Å²) in [4.78, 5) is 4.59. The molecule has 0 amide bonds. The van der Waals surface area contributed by atoms with Gasteiger partial charge in [0.25, 0.3) is 0 Å². The molecule has 1 aliphatic heterocycles. The minimum Gasteiger partial charge on any atom is -0.379 e. The van der Waals surface area contributed by atoms with Gasteiger partial charge < -0.3 is 20.1 Å². The fraction of sp³-hybridized carbons (Fsp3) is 0.588. The highest BCUT2D eigenvalue weighted by atomic mass is 16.5. The molecule has 0 bridgehead atoms. The zero-order valence-electron chi connectivity index (χ0n) is 13.4. The lowest BCUT2D eigenvalue weighted by molar-refractivity contribution is 0.0420. The van der Waals surface area contributed by atoms with Crippen molar-refractivity contribution in [3.05, 3.63) is 35.9 Å². The first-order valence-electron chi connectivity index (χ1n) is 8.14. The van der Waals surface area contributed by atoms with Gasteiger partial charge in [-0.25, -0.2) is 4.99 Å². The van der Waals surface area contributed by atoms with Gasteiger partial charge in [0.05, 0.1) is 19.3 Å². The Morgan fingerprint density at radius 1 is 1.32 bits per heavy atom. The van der Waals surface area contributed by atoms with Crippen molar-refractivity contribution in [3.8, 4) is 0 Å². The number of nitrogens with zero attached hydrogens (tertiary/aromatic N) is 1. The number of hydrogen-bond acceptors (Lipinski definition) is 3. The summed E-state index contributed by atoms with van der Waals surface area (Å²) >= 11 is 0. The number of rotatable bonds is 8. The minimum absolute atomic E-state index is 0.292. The molecule has 0 saturated carbocycles. The van der Waals surface area contributed by atoms with Crippen LogP contribution in [0.4, 0.5) is 0 Å². The van der Waals surface area contributed by atoms with E-state index in [0.717, 1.165) is 51.7 Å².